The van der Waals surface area contributed by atoms with E-state index in [0.29, 0.717) is 18.0 Å². The second-order valence-electron chi connectivity index (χ2n) is 8.53. The Bertz CT molecular complexity index is 1330. The molecule has 1 atom stereocenters. The molecule has 4 rings (SSSR count). The van der Waals surface area contributed by atoms with Gasteiger partial charge in [0.1, 0.15) is 12.6 Å². The largest absolute Gasteiger partial charge is 0.481 e. The third kappa shape index (κ3) is 5.32. The van der Waals surface area contributed by atoms with E-state index in [2.05, 4.69) is 15.3 Å². The second kappa shape index (κ2) is 10.4. The van der Waals surface area contributed by atoms with Crippen LogP contribution < -0.4 is 15.0 Å². The number of nitrogens with zero attached hydrogens (tertiary/aromatic N) is 4. The van der Waals surface area contributed by atoms with Crippen LogP contribution in [0, 0.1) is 13.8 Å². The molecular weight excluding hydrogens is 442 g/mol. The lowest BCUT2D eigenvalue weighted by atomic mass is 10.0. The van der Waals surface area contributed by atoms with E-state index in [-0.39, 0.29) is 18.4 Å². The fraction of sp³-hybridized carbons (Fsp3) is 0.259. The number of fused-ring (bicyclic) bond motifs is 1. The second-order valence-corrected chi connectivity index (χ2v) is 8.53. The number of hydrogen-bond acceptors (Lipinski definition) is 5. The Morgan fingerprint density at radius 2 is 1.77 bits per heavy atom. The minimum Gasteiger partial charge on any atom is -0.481 e. The van der Waals surface area contributed by atoms with Crippen LogP contribution in [0.5, 0.6) is 5.88 Å². The SMILES string of the molecule is COc1ccc(N(C)C(=O)[C@H](Cc2ccccc2)NC(=O)Cn2cnc3c(C)ccc(C)c32)cn1. The molecule has 0 fully saturated rings. The van der Waals surface area contributed by atoms with Crippen LogP contribution >= 0.6 is 0 Å². The molecule has 2 aromatic heterocycles. The molecule has 8 nitrogen and oxygen atoms in total. The van der Waals surface area contributed by atoms with Crippen molar-refractivity contribution >= 4 is 28.5 Å². The Balaban J connectivity index is 1.56. The number of nitrogens with one attached hydrogen (secondary N) is 1. The van der Waals surface area contributed by atoms with Crippen LogP contribution in [0.2, 0.25) is 0 Å². The van der Waals surface area contributed by atoms with Gasteiger partial charge in [-0.3, -0.25) is 9.59 Å². The first kappa shape index (κ1) is 23.9. The van der Waals surface area contributed by atoms with Crippen molar-refractivity contribution in [3.8, 4) is 5.88 Å². The smallest absolute Gasteiger partial charge is 0.249 e. The minimum absolute atomic E-state index is 0.0627. The molecule has 0 saturated carbocycles. The van der Waals surface area contributed by atoms with Gasteiger partial charge in [0.25, 0.3) is 0 Å². The number of aromatic nitrogens is 3. The Morgan fingerprint density at radius 3 is 2.46 bits per heavy atom. The van der Waals surface area contributed by atoms with Crippen LogP contribution in [-0.2, 0) is 22.6 Å². The van der Waals surface area contributed by atoms with Gasteiger partial charge < -0.3 is 19.5 Å². The van der Waals surface area contributed by atoms with Gasteiger partial charge in [0.15, 0.2) is 0 Å². The summed E-state index contributed by atoms with van der Waals surface area (Å²) >= 11 is 0. The minimum atomic E-state index is -0.755. The Morgan fingerprint density at radius 1 is 1.03 bits per heavy atom. The van der Waals surface area contributed by atoms with E-state index in [9.17, 15) is 9.59 Å². The van der Waals surface area contributed by atoms with Gasteiger partial charge in [-0.25, -0.2) is 9.97 Å². The molecule has 2 amide bonds. The summed E-state index contributed by atoms with van der Waals surface area (Å²) in [6, 6.07) is 16.4. The van der Waals surface area contributed by atoms with Crippen LogP contribution in [0.3, 0.4) is 0 Å². The molecule has 4 aromatic rings. The maximum atomic E-state index is 13.5. The van der Waals surface area contributed by atoms with Crippen molar-refractivity contribution in [1.82, 2.24) is 19.9 Å². The van der Waals surface area contributed by atoms with E-state index in [1.807, 2.05) is 60.9 Å². The Kier molecular flexibility index (Phi) is 7.10. The number of carbonyl (C=O) groups excluding carboxylic acids is 2. The number of aryl methyl sites for hydroxylation is 2. The normalized spacial score (nSPS) is 11.8. The van der Waals surface area contributed by atoms with Crippen LogP contribution in [0.4, 0.5) is 5.69 Å². The number of benzene rings is 2. The van der Waals surface area contributed by atoms with Crippen LogP contribution in [0.15, 0.2) is 67.1 Å². The van der Waals surface area contributed by atoms with E-state index in [4.69, 9.17) is 4.74 Å². The quantitative estimate of drug-likeness (QED) is 0.425. The first-order chi connectivity index (χ1) is 16.9. The highest BCUT2D eigenvalue weighted by Crippen LogP contribution is 2.21. The van der Waals surface area contributed by atoms with E-state index >= 15 is 0 Å². The van der Waals surface area contributed by atoms with Gasteiger partial charge in [-0.1, -0.05) is 42.5 Å². The fourth-order valence-corrected chi connectivity index (χ4v) is 4.11. The monoisotopic (exact) mass is 471 g/mol. The molecule has 2 aromatic carbocycles. The van der Waals surface area contributed by atoms with Crippen LogP contribution in [0.1, 0.15) is 16.7 Å². The van der Waals surface area contributed by atoms with Crippen molar-refractivity contribution in [2.45, 2.75) is 32.9 Å². The van der Waals surface area contributed by atoms with Crippen molar-refractivity contribution in [1.29, 1.82) is 0 Å². The third-order valence-electron chi connectivity index (χ3n) is 6.05. The van der Waals surface area contributed by atoms with E-state index in [0.717, 1.165) is 27.7 Å². The molecule has 0 aliphatic rings. The average molecular weight is 472 g/mol. The summed E-state index contributed by atoms with van der Waals surface area (Å²) in [5.74, 6) is -0.0424. The van der Waals surface area contributed by atoms with E-state index in [1.165, 1.54) is 12.0 Å². The zero-order chi connectivity index (χ0) is 24.9. The van der Waals surface area contributed by atoms with Gasteiger partial charge in [0.05, 0.1) is 36.4 Å². The predicted molar refractivity (Wildman–Crippen MR) is 135 cm³/mol. The molecule has 0 bridgehead atoms. The van der Waals surface area contributed by atoms with Gasteiger partial charge in [-0.15, -0.1) is 0 Å². The molecule has 0 radical (unpaired) electrons. The number of amides is 2. The van der Waals surface area contributed by atoms with Crippen molar-refractivity contribution in [3.05, 3.63) is 83.8 Å². The van der Waals surface area contributed by atoms with Crippen molar-refractivity contribution in [2.24, 2.45) is 0 Å². The van der Waals surface area contributed by atoms with Crippen LogP contribution in [-0.4, -0.2) is 46.5 Å². The molecule has 8 heteroatoms. The lowest BCUT2D eigenvalue weighted by Gasteiger charge is -2.25. The molecule has 0 spiro atoms. The fourth-order valence-electron chi connectivity index (χ4n) is 4.11. The van der Waals surface area contributed by atoms with Gasteiger partial charge in [0, 0.05) is 19.5 Å². The number of hydrogen-bond donors (Lipinski definition) is 1. The van der Waals surface area contributed by atoms with E-state index < -0.39 is 6.04 Å². The summed E-state index contributed by atoms with van der Waals surface area (Å²) in [7, 11) is 3.21. The molecule has 0 saturated heterocycles. The number of carbonyl (C=O) groups is 2. The zero-order valence-corrected chi connectivity index (χ0v) is 20.4. The molecule has 1 N–H and O–H groups in total. The number of anilines is 1. The summed E-state index contributed by atoms with van der Waals surface area (Å²) in [5, 5.41) is 2.95. The molecule has 180 valence electrons. The molecule has 0 aliphatic heterocycles. The van der Waals surface area contributed by atoms with E-state index in [1.54, 1.807) is 31.7 Å². The Labute approximate surface area is 204 Å². The maximum Gasteiger partial charge on any atom is 0.249 e. The van der Waals surface area contributed by atoms with Gasteiger partial charge in [0.2, 0.25) is 17.7 Å². The number of pyridine rings is 1. The Hall–Kier alpha value is -4.20. The molecule has 35 heavy (non-hydrogen) atoms. The van der Waals surface area contributed by atoms with Crippen molar-refractivity contribution in [2.75, 3.05) is 19.1 Å². The number of rotatable bonds is 8. The average Bonchev–Trinajstić information content (AvgIpc) is 3.30. The van der Waals surface area contributed by atoms with Gasteiger partial charge in [-0.2, -0.15) is 0 Å². The lowest BCUT2D eigenvalue weighted by Crippen LogP contribution is -2.49. The highest BCUT2D eigenvalue weighted by Gasteiger charge is 2.26. The lowest BCUT2D eigenvalue weighted by molar-refractivity contribution is -0.127. The zero-order valence-electron chi connectivity index (χ0n) is 20.4. The summed E-state index contributed by atoms with van der Waals surface area (Å²) < 4.78 is 6.93. The number of imidazole rings is 1. The maximum absolute atomic E-state index is 13.5. The predicted octanol–water partition coefficient (Wildman–Crippen LogP) is 3.45. The number of methoxy groups -OCH3 is 1. The summed E-state index contributed by atoms with van der Waals surface area (Å²) in [6.07, 6.45) is 3.61. The van der Waals surface area contributed by atoms with Crippen LogP contribution in [0.25, 0.3) is 11.0 Å². The van der Waals surface area contributed by atoms with Crippen molar-refractivity contribution < 1.29 is 14.3 Å². The number of likely N-dealkylation sites (N-methyl/N-ethyl adjacent to an activating group) is 1. The highest BCUT2D eigenvalue weighted by atomic mass is 16.5. The first-order valence-electron chi connectivity index (χ1n) is 11.4. The molecule has 0 aliphatic carbocycles. The van der Waals surface area contributed by atoms with Crippen molar-refractivity contribution in [3.63, 3.8) is 0 Å². The molecular formula is C27H29N5O3. The summed E-state index contributed by atoms with van der Waals surface area (Å²) in [6.45, 7) is 4.06. The molecule has 0 unspecified atom stereocenters. The standard InChI is InChI=1S/C27H29N5O3/c1-18-10-11-19(2)26-25(18)29-17-32(26)16-23(33)30-22(14-20-8-6-5-7-9-20)27(34)31(3)21-12-13-24(35-4)28-15-21/h5-13,15,17,22H,14,16H2,1-4H3,(H,30,33)/t22-/m0/s1. The summed E-state index contributed by atoms with van der Waals surface area (Å²) in [5.41, 5.74) is 5.45. The van der Waals surface area contributed by atoms with Gasteiger partial charge in [-0.05, 0) is 36.6 Å². The topological polar surface area (TPSA) is 89.4 Å². The summed E-state index contributed by atoms with van der Waals surface area (Å²) in [4.78, 5) is 36.8. The number of ether oxygens (including phenoxy) is 1. The molecule has 2 heterocycles. The third-order valence-corrected chi connectivity index (χ3v) is 6.05. The highest BCUT2D eigenvalue weighted by molar-refractivity contribution is 5.99. The van der Waals surface area contributed by atoms with Gasteiger partial charge >= 0.3 is 0 Å². The first-order valence-corrected chi connectivity index (χ1v) is 11.4.